The van der Waals surface area contributed by atoms with E-state index in [9.17, 15) is 9.59 Å². The number of ether oxygens (including phenoxy) is 1. The smallest absolute Gasteiger partial charge is 0.337 e. The molecule has 21 heavy (non-hydrogen) atoms. The van der Waals surface area contributed by atoms with E-state index in [4.69, 9.17) is 12.2 Å². The van der Waals surface area contributed by atoms with Gasteiger partial charge in [-0.05, 0) is 29.9 Å². The lowest BCUT2D eigenvalue weighted by Crippen LogP contribution is -2.32. The molecule has 2 aliphatic heterocycles. The first-order chi connectivity index (χ1) is 10.0. The van der Waals surface area contributed by atoms with E-state index < -0.39 is 0 Å². The standard InChI is InChI=1S/C14H14N2O3S2/c1-15-11(17)10-7-21-12(16(10)14(15)20)8-3-5-9(6-4-8)13(18)19-2/h3-6,10,12H,7H2,1-2H3/t10-,12-/m1/s1. The van der Waals surface area contributed by atoms with Gasteiger partial charge in [0.1, 0.15) is 11.4 Å². The Bertz CT molecular complexity index is 617. The molecule has 3 rings (SSSR count). The minimum Gasteiger partial charge on any atom is -0.465 e. The molecule has 2 atom stereocenters. The van der Waals surface area contributed by atoms with Crippen molar-refractivity contribution in [2.45, 2.75) is 11.4 Å². The maximum Gasteiger partial charge on any atom is 0.337 e. The lowest BCUT2D eigenvalue weighted by Gasteiger charge is -2.24. The molecular weight excluding hydrogens is 308 g/mol. The summed E-state index contributed by atoms with van der Waals surface area (Å²) in [4.78, 5) is 27.1. The van der Waals surface area contributed by atoms with E-state index in [-0.39, 0.29) is 23.3 Å². The average Bonchev–Trinajstić information content (AvgIpc) is 3.04. The number of likely N-dealkylation sites (N-methyl/N-ethyl adjacent to an activating group) is 1. The van der Waals surface area contributed by atoms with Crippen molar-refractivity contribution in [2.24, 2.45) is 0 Å². The second kappa shape index (κ2) is 5.31. The summed E-state index contributed by atoms with van der Waals surface area (Å²) in [5.74, 6) is 0.429. The highest BCUT2D eigenvalue weighted by atomic mass is 32.2. The monoisotopic (exact) mass is 322 g/mol. The molecule has 2 saturated heterocycles. The normalized spacial score (nSPS) is 24.5. The van der Waals surface area contributed by atoms with Crippen molar-refractivity contribution in [3.05, 3.63) is 35.4 Å². The van der Waals surface area contributed by atoms with Crippen LogP contribution in [0.1, 0.15) is 21.3 Å². The first kappa shape index (κ1) is 14.3. The SMILES string of the molecule is COC(=O)c1ccc([C@H]2SC[C@@H]3C(=O)N(C)C(=S)N32)cc1. The van der Waals surface area contributed by atoms with Crippen LogP contribution in [0.5, 0.6) is 0 Å². The zero-order chi connectivity index (χ0) is 15.1. The lowest BCUT2D eigenvalue weighted by atomic mass is 10.1. The van der Waals surface area contributed by atoms with Gasteiger partial charge in [0.15, 0.2) is 5.11 Å². The molecule has 7 heteroatoms. The van der Waals surface area contributed by atoms with E-state index in [2.05, 4.69) is 4.74 Å². The van der Waals surface area contributed by atoms with Crippen molar-refractivity contribution in [2.75, 3.05) is 19.9 Å². The van der Waals surface area contributed by atoms with Crippen LogP contribution in [0.2, 0.25) is 0 Å². The number of hydrogen-bond donors (Lipinski definition) is 0. The van der Waals surface area contributed by atoms with Gasteiger partial charge in [0.25, 0.3) is 5.91 Å². The number of thioether (sulfide) groups is 1. The Labute approximate surface area is 132 Å². The number of amides is 1. The van der Waals surface area contributed by atoms with E-state index >= 15 is 0 Å². The molecule has 0 aromatic heterocycles. The predicted molar refractivity (Wildman–Crippen MR) is 84.0 cm³/mol. The molecule has 5 nitrogen and oxygen atoms in total. The van der Waals surface area contributed by atoms with E-state index in [0.717, 1.165) is 11.3 Å². The van der Waals surface area contributed by atoms with E-state index in [0.29, 0.717) is 10.7 Å². The molecule has 0 spiro atoms. The highest BCUT2D eigenvalue weighted by Gasteiger charge is 2.48. The van der Waals surface area contributed by atoms with E-state index in [1.807, 2.05) is 17.0 Å². The lowest BCUT2D eigenvalue weighted by molar-refractivity contribution is -0.126. The minimum atomic E-state index is -0.356. The third kappa shape index (κ3) is 2.20. The summed E-state index contributed by atoms with van der Waals surface area (Å²) in [6.07, 6.45) is 0. The number of nitrogens with zero attached hydrogens (tertiary/aromatic N) is 2. The summed E-state index contributed by atoms with van der Waals surface area (Å²) in [5.41, 5.74) is 1.54. The van der Waals surface area contributed by atoms with Gasteiger partial charge in [0.2, 0.25) is 0 Å². The number of methoxy groups -OCH3 is 1. The van der Waals surface area contributed by atoms with E-state index in [1.54, 1.807) is 30.9 Å². The number of rotatable bonds is 2. The molecule has 2 fully saturated rings. The third-order valence-electron chi connectivity index (χ3n) is 3.74. The topological polar surface area (TPSA) is 49.9 Å². The Morgan fingerprint density at radius 1 is 1.38 bits per heavy atom. The van der Waals surface area contributed by atoms with Crippen LogP contribution >= 0.6 is 24.0 Å². The van der Waals surface area contributed by atoms with Crippen LogP contribution in [0, 0.1) is 0 Å². The maximum absolute atomic E-state index is 12.1. The summed E-state index contributed by atoms with van der Waals surface area (Å²) in [7, 11) is 3.07. The van der Waals surface area contributed by atoms with Gasteiger partial charge < -0.3 is 9.64 Å². The molecule has 2 heterocycles. The Balaban J connectivity index is 1.86. The van der Waals surface area contributed by atoms with Gasteiger partial charge in [-0.25, -0.2) is 4.79 Å². The molecule has 1 amide bonds. The molecule has 110 valence electrons. The molecule has 0 unspecified atom stereocenters. The zero-order valence-corrected chi connectivity index (χ0v) is 13.2. The van der Waals surface area contributed by atoms with Crippen LogP contribution in [0.3, 0.4) is 0 Å². The van der Waals surface area contributed by atoms with Crippen molar-refractivity contribution in [3.8, 4) is 0 Å². The fourth-order valence-corrected chi connectivity index (χ4v) is 4.39. The zero-order valence-electron chi connectivity index (χ0n) is 11.6. The Morgan fingerprint density at radius 2 is 2.05 bits per heavy atom. The summed E-state index contributed by atoms with van der Waals surface area (Å²) < 4.78 is 4.69. The number of hydrogen-bond acceptors (Lipinski definition) is 5. The van der Waals surface area contributed by atoms with Gasteiger partial charge in [-0.2, -0.15) is 0 Å². The van der Waals surface area contributed by atoms with Gasteiger partial charge in [-0.15, -0.1) is 11.8 Å². The van der Waals surface area contributed by atoms with Crippen molar-refractivity contribution < 1.29 is 14.3 Å². The molecule has 2 aliphatic rings. The van der Waals surface area contributed by atoms with Crippen LogP contribution in [0.15, 0.2) is 24.3 Å². The molecule has 0 N–H and O–H groups in total. The fraction of sp³-hybridized carbons (Fsp3) is 0.357. The van der Waals surface area contributed by atoms with Gasteiger partial charge in [-0.3, -0.25) is 9.69 Å². The van der Waals surface area contributed by atoms with Crippen LogP contribution in [0.25, 0.3) is 0 Å². The number of thiocarbonyl (C=S) groups is 1. The van der Waals surface area contributed by atoms with Gasteiger partial charge in [0.05, 0.1) is 12.7 Å². The molecule has 1 aromatic carbocycles. The second-order valence-corrected chi connectivity index (χ2v) is 6.38. The summed E-state index contributed by atoms with van der Waals surface area (Å²) in [6, 6.07) is 7.08. The van der Waals surface area contributed by atoms with Crippen LogP contribution < -0.4 is 0 Å². The van der Waals surface area contributed by atoms with Gasteiger partial charge in [0, 0.05) is 12.8 Å². The molecule has 0 bridgehead atoms. The fourth-order valence-electron chi connectivity index (χ4n) is 2.58. The van der Waals surface area contributed by atoms with Crippen LogP contribution in [0.4, 0.5) is 0 Å². The quantitative estimate of drug-likeness (QED) is 0.609. The number of carbonyl (C=O) groups is 2. The molecular formula is C14H14N2O3S2. The van der Waals surface area contributed by atoms with Crippen molar-refractivity contribution in [3.63, 3.8) is 0 Å². The van der Waals surface area contributed by atoms with Crippen LogP contribution in [-0.2, 0) is 9.53 Å². The third-order valence-corrected chi connectivity index (χ3v) is 5.55. The first-order valence-corrected chi connectivity index (χ1v) is 7.90. The minimum absolute atomic E-state index is 0.0168. The number of esters is 1. The van der Waals surface area contributed by atoms with E-state index in [1.165, 1.54) is 12.0 Å². The Kier molecular flexibility index (Phi) is 3.62. The summed E-state index contributed by atoms with van der Waals surface area (Å²) >= 11 is 7.06. The Morgan fingerprint density at radius 3 is 2.67 bits per heavy atom. The summed E-state index contributed by atoms with van der Waals surface area (Å²) in [5, 5.41) is 0.583. The van der Waals surface area contributed by atoms with Crippen molar-refractivity contribution in [1.29, 1.82) is 0 Å². The van der Waals surface area contributed by atoms with Crippen molar-refractivity contribution >= 4 is 41.0 Å². The Hall–Kier alpha value is -1.60. The highest BCUT2D eigenvalue weighted by molar-refractivity contribution is 7.99. The summed E-state index contributed by atoms with van der Waals surface area (Å²) in [6.45, 7) is 0. The second-order valence-electron chi connectivity index (χ2n) is 4.90. The number of benzene rings is 1. The largest absolute Gasteiger partial charge is 0.465 e. The van der Waals surface area contributed by atoms with Crippen LogP contribution in [-0.4, -0.2) is 52.7 Å². The van der Waals surface area contributed by atoms with Gasteiger partial charge in [-0.1, -0.05) is 12.1 Å². The number of fused-ring (bicyclic) bond motifs is 1. The average molecular weight is 322 g/mol. The van der Waals surface area contributed by atoms with Crippen molar-refractivity contribution in [1.82, 2.24) is 9.80 Å². The first-order valence-electron chi connectivity index (χ1n) is 6.44. The molecule has 0 radical (unpaired) electrons. The molecule has 0 aliphatic carbocycles. The highest BCUT2D eigenvalue weighted by Crippen LogP contribution is 2.44. The molecule has 0 saturated carbocycles. The maximum atomic E-state index is 12.1. The predicted octanol–water partition coefficient (Wildman–Crippen LogP) is 1.65. The number of carbonyl (C=O) groups excluding carboxylic acids is 2. The molecule has 1 aromatic rings. The van der Waals surface area contributed by atoms with Gasteiger partial charge >= 0.3 is 5.97 Å².